The number of piperazine rings is 1. The number of hydrogen-bond acceptors (Lipinski definition) is 3. The Morgan fingerprint density at radius 1 is 1.40 bits per heavy atom. The Morgan fingerprint density at radius 3 is 2.65 bits per heavy atom. The van der Waals surface area contributed by atoms with Crippen LogP contribution >= 0.6 is 11.6 Å². The molecule has 1 aromatic rings. The molecule has 0 bridgehead atoms. The molecule has 1 amide bonds. The van der Waals surface area contributed by atoms with E-state index in [1.165, 1.54) is 0 Å². The van der Waals surface area contributed by atoms with E-state index in [0.29, 0.717) is 23.7 Å². The smallest absolute Gasteiger partial charge is 0.238 e. The fraction of sp³-hybridized carbons (Fsp3) is 0.533. The van der Waals surface area contributed by atoms with Crippen LogP contribution in [0.4, 0.5) is 5.69 Å². The van der Waals surface area contributed by atoms with Gasteiger partial charge in [-0.3, -0.25) is 9.69 Å². The number of nitrogens with zero attached hydrogens (tertiary/aromatic N) is 1. The maximum atomic E-state index is 12.1. The van der Waals surface area contributed by atoms with Crippen LogP contribution in [-0.4, -0.2) is 42.5 Å². The van der Waals surface area contributed by atoms with Crippen molar-refractivity contribution in [3.63, 3.8) is 0 Å². The zero-order chi connectivity index (χ0) is 14.7. The summed E-state index contributed by atoms with van der Waals surface area (Å²) >= 11 is 6.06. The number of halogens is 1. The highest BCUT2D eigenvalue weighted by Gasteiger charge is 2.22. The first-order valence-corrected chi connectivity index (χ1v) is 7.36. The van der Waals surface area contributed by atoms with Gasteiger partial charge in [0.05, 0.1) is 6.54 Å². The molecule has 1 saturated heterocycles. The number of carbonyl (C=O) groups is 1. The summed E-state index contributed by atoms with van der Waals surface area (Å²) in [6.07, 6.45) is 0. The summed E-state index contributed by atoms with van der Waals surface area (Å²) < 4.78 is 0. The quantitative estimate of drug-likeness (QED) is 0.899. The molecule has 1 heterocycles. The monoisotopic (exact) mass is 295 g/mol. The van der Waals surface area contributed by atoms with Crippen molar-refractivity contribution in [3.8, 4) is 0 Å². The summed E-state index contributed by atoms with van der Waals surface area (Å²) in [6, 6.07) is 6.41. The zero-order valence-corrected chi connectivity index (χ0v) is 13.0. The standard InChI is InChI=1S/C15H22ClN3O/c1-10-4-5-13(6-14(10)16)18-15(20)9-19-7-11(2)17-12(3)8-19/h4-6,11-12,17H,7-9H2,1-3H3,(H,18,20). The van der Waals surface area contributed by atoms with Crippen LogP contribution in [0.3, 0.4) is 0 Å². The average molecular weight is 296 g/mol. The summed E-state index contributed by atoms with van der Waals surface area (Å²) in [6.45, 7) is 8.43. The van der Waals surface area contributed by atoms with Crippen molar-refractivity contribution in [1.82, 2.24) is 10.2 Å². The SMILES string of the molecule is Cc1ccc(NC(=O)CN2CC(C)NC(C)C2)cc1Cl. The number of carbonyl (C=O) groups excluding carboxylic acids is 1. The summed E-state index contributed by atoms with van der Waals surface area (Å²) in [5.74, 6) is 0.00576. The normalized spacial score (nSPS) is 23.6. The lowest BCUT2D eigenvalue weighted by Gasteiger charge is -2.35. The third-order valence-electron chi connectivity index (χ3n) is 3.46. The van der Waals surface area contributed by atoms with Gasteiger partial charge in [-0.15, -0.1) is 0 Å². The molecule has 1 aliphatic rings. The van der Waals surface area contributed by atoms with Gasteiger partial charge in [0.1, 0.15) is 0 Å². The van der Waals surface area contributed by atoms with Gasteiger partial charge in [-0.1, -0.05) is 17.7 Å². The van der Waals surface area contributed by atoms with E-state index < -0.39 is 0 Å². The van der Waals surface area contributed by atoms with Crippen LogP contribution in [-0.2, 0) is 4.79 Å². The van der Waals surface area contributed by atoms with Crippen LogP contribution in [0.5, 0.6) is 0 Å². The molecule has 0 aromatic heterocycles. The van der Waals surface area contributed by atoms with E-state index in [9.17, 15) is 4.79 Å². The average Bonchev–Trinajstić information content (AvgIpc) is 2.32. The fourth-order valence-electron chi connectivity index (χ4n) is 2.64. The van der Waals surface area contributed by atoms with Gasteiger partial charge in [0.2, 0.25) is 5.91 Å². The van der Waals surface area contributed by atoms with Crippen molar-refractivity contribution in [2.24, 2.45) is 0 Å². The molecule has 0 saturated carbocycles. The van der Waals surface area contributed by atoms with Crippen LogP contribution in [0, 0.1) is 6.92 Å². The lowest BCUT2D eigenvalue weighted by molar-refractivity contribution is -0.117. The third kappa shape index (κ3) is 4.20. The molecule has 2 atom stereocenters. The van der Waals surface area contributed by atoms with Crippen molar-refractivity contribution in [1.29, 1.82) is 0 Å². The molecule has 0 spiro atoms. The summed E-state index contributed by atoms with van der Waals surface area (Å²) in [5.41, 5.74) is 1.76. The first-order valence-electron chi connectivity index (χ1n) is 6.98. The Kier molecular flexibility index (Phi) is 5.02. The number of anilines is 1. The molecule has 1 fully saturated rings. The van der Waals surface area contributed by atoms with Gasteiger partial charge in [0.15, 0.2) is 0 Å². The Hall–Kier alpha value is -1.10. The molecular formula is C15H22ClN3O. The molecule has 2 N–H and O–H groups in total. The second-order valence-electron chi connectivity index (χ2n) is 5.67. The minimum atomic E-state index is 0.00576. The molecule has 4 nitrogen and oxygen atoms in total. The van der Waals surface area contributed by atoms with Crippen molar-refractivity contribution < 1.29 is 4.79 Å². The van der Waals surface area contributed by atoms with Gasteiger partial charge in [-0.25, -0.2) is 0 Å². The molecule has 20 heavy (non-hydrogen) atoms. The van der Waals surface area contributed by atoms with Crippen molar-refractivity contribution in [3.05, 3.63) is 28.8 Å². The van der Waals surface area contributed by atoms with Crippen molar-refractivity contribution >= 4 is 23.2 Å². The number of nitrogens with one attached hydrogen (secondary N) is 2. The third-order valence-corrected chi connectivity index (χ3v) is 3.86. The summed E-state index contributed by atoms with van der Waals surface area (Å²) in [7, 11) is 0. The number of aryl methyl sites for hydroxylation is 1. The number of amides is 1. The zero-order valence-electron chi connectivity index (χ0n) is 12.2. The van der Waals surface area contributed by atoms with E-state index in [2.05, 4.69) is 29.4 Å². The fourth-order valence-corrected chi connectivity index (χ4v) is 2.82. The highest BCUT2D eigenvalue weighted by Crippen LogP contribution is 2.19. The van der Waals surface area contributed by atoms with E-state index >= 15 is 0 Å². The highest BCUT2D eigenvalue weighted by molar-refractivity contribution is 6.31. The number of benzene rings is 1. The van der Waals surface area contributed by atoms with E-state index in [1.807, 2.05) is 19.1 Å². The van der Waals surface area contributed by atoms with Crippen LogP contribution in [0.1, 0.15) is 19.4 Å². The molecule has 0 radical (unpaired) electrons. The van der Waals surface area contributed by atoms with Gasteiger partial charge >= 0.3 is 0 Å². The molecule has 1 aliphatic heterocycles. The molecule has 0 aliphatic carbocycles. The van der Waals surface area contributed by atoms with Crippen LogP contribution in [0.15, 0.2) is 18.2 Å². The molecular weight excluding hydrogens is 274 g/mol. The Labute approximate surface area is 125 Å². The van der Waals surface area contributed by atoms with Gasteiger partial charge in [0.25, 0.3) is 0 Å². The lowest BCUT2D eigenvalue weighted by atomic mass is 10.1. The van der Waals surface area contributed by atoms with E-state index in [4.69, 9.17) is 11.6 Å². The topological polar surface area (TPSA) is 44.4 Å². The molecule has 2 unspecified atom stereocenters. The van der Waals surface area contributed by atoms with Crippen molar-refractivity contribution in [2.45, 2.75) is 32.9 Å². The minimum absolute atomic E-state index is 0.00576. The maximum absolute atomic E-state index is 12.1. The lowest BCUT2D eigenvalue weighted by Crippen LogP contribution is -2.55. The number of hydrogen-bond donors (Lipinski definition) is 2. The van der Waals surface area contributed by atoms with Crippen molar-refractivity contribution in [2.75, 3.05) is 25.0 Å². The van der Waals surface area contributed by atoms with Crippen LogP contribution in [0.2, 0.25) is 5.02 Å². The minimum Gasteiger partial charge on any atom is -0.325 e. The largest absolute Gasteiger partial charge is 0.325 e. The molecule has 1 aromatic carbocycles. The second-order valence-corrected chi connectivity index (χ2v) is 6.08. The van der Waals surface area contributed by atoms with Gasteiger partial charge < -0.3 is 10.6 Å². The predicted molar refractivity (Wildman–Crippen MR) is 83.3 cm³/mol. The van der Waals surface area contributed by atoms with E-state index in [0.717, 1.165) is 24.3 Å². The van der Waals surface area contributed by atoms with Gasteiger partial charge in [0, 0.05) is 35.9 Å². The maximum Gasteiger partial charge on any atom is 0.238 e. The van der Waals surface area contributed by atoms with Crippen LogP contribution < -0.4 is 10.6 Å². The Morgan fingerprint density at radius 2 is 2.05 bits per heavy atom. The number of rotatable bonds is 3. The van der Waals surface area contributed by atoms with Crippen LogP contribution in [0.25, 0.3) is 0 Å². The van der Waals surface area contributed by atoms with Gasteiger partial charge in [-0.05, 0) is 38.5 Å². The molecule has 110 valence electrons. The van der Waals surface area contributed by atoms with Gasteiger partial charge in [-0.2, -0.15) is 0 Å². The highest BCUT2D eigenvalue weighted by atomic mass is 35.5. The Balaban J connectivity index is 1.90. The van der Waals surface area contributed by atoms with E-state index in [-0.39, 0.29) is 5.91 Å². The first-order chi connectivity index (χ1) is 9.44. The molecule has 5 heteroatoms. The molecule has 2 rings (SSSR count). The summed E-state index contributed by atoms with van der Waals surface area (Å²) in [5, 5.41) is 7.03. The summed E-state index contributed by atoms with van der Waals surface area (Å²) in [4.78, 5) is 14.3. The second kappa shape index (κ2) is 6.57. The van der Waals surface area contributed by atoms with E-state index in [1.54, 1.807) is 6.07 Å². The first kappa shape index (κ1) is 15.3. The predicted octanol–water partition coefficient (Wildman–Crippen LogP) is 2.27. The Bertz CT molecular complexity index is 482.